The molecular formula is C7H8Cl2N2O4S. The summed E-state index contributed by atoms with van der Waals surface area (Å²) in [7, 11) is -4.89. The number of halogens is 2. The second-order valence-electron chi connectivity index (χ2n) is 3.34. The zero-order valence-electron chi connectivity index (χ0n) is 7.83. The molecule has 9 heteroatoms. The van der Waals surface area contributed by atoms with Crippen LogP contribution < -0.4 is 5.73 Å². The van der Waals surface area contributed by atoms with Crippen LogP contribution in [-0.2, 0) is 14.9 Å². The number of carbonyl (C=O) groups excluding carboxylic acids is 1. The van der Waals surface area contributed by atoms with Crippen molar-refractivity contribution < 1.29 is 17.8 Å². The quantitative estimate of drug-likeness (QED) is 0.644. The molecule has 1 rings (SSSR count). The Bertz CT molecular complexity index is 499. The van der Waals surface area contributed by atoms with Gasteiger partial charge in [-0.15, -0.1) is 0 Å². The van der Waals surface area contributed by atoms with E-state index in [1.54, 1.807) is 0 Å². The molecule has 1 aliphatic rings. The molecule has 0 aliphatic heterocycles. The summed E-state index contributed by atoms with van der Waals surface area (Å²) in [5.41, 5.74) is 4.80. The highest BCUT2D eigenvalue weighted by Gasteiger charge is 2.55. The number of carbonyl (C=O) groups is 1. The number of allylic oxidation sites excluding steroid dienone is 1. The summed E-state index contributed by atoms with van der Waals surface area (Å²) < 4.78 is 29.0. The molecule has 6 nitrogen and oxygen atoms in total. The molecule has 0 aromatic rings. The average molecular weight is 287 g/mol. The molecular weight excluding hydrogens is 279 g/mol. The average Bonchev–Trinajstić information content (AvgIpc) is 2.08. The van der Waals surface area contributed by atoms with Crippen molar-refractivity contribution in [2.45, 2.75) is 17.6 Å². The van der Waals surface area contributed by atoms with Crippen molar-refractivity contribution in [1.82, 2.24) is 0 Å². The molecule has 1 unspecified atom stereocenters. The Morgan fingerprint density at radius 2 is 2.00 bits per heavy atom. The Hall–Kier alpha value is -0.630. The minimum atomic E-state index is -4.89. The highest BCUT2D eigenvalue weighted by atomic mass is 35.5. The van der Waals surface area contributed by atoms with Gasteiger partial charge in [-0.1, -0.05) is 23.2 Å². The highest BCUT2D eigenvalue weighted by Crippen LogP contribution is 2.41. The summed E-state index contributed by atoms with van der Waals surface area (Å²) >= 11 is 11.3. The topological polar surface area (TPSA) is 121 Å². The predicted octanol–water partition coefficient (Wildman–Crippen LogP) is 0.601. The molecule has 0 heterocycles. The van der Waals surface area contributed by atoms with E-state index in [4.69, 9.17) is 38.9 Å². The van der Waals surface area contributed by atoms with E-state index in [0.29, 0.717) is 0 Å². The molecule has 0 spiro atoms. The largest absolute Gasteiger partial charge is 0.368 e. The summed E-state index contributed by atoms with van der Waals surface area (Å²) in [6.07, 6.45) is -0.652. The second-order valence-corrected chi connectivity index (χ2v) is 5.82. The molecule has 4 N–H and O–H groups in total. The van der Waals surface area contributed by atoms with Crippen molar-refractivity contribution in [1.29, 1.82) is 5.41 Å². The van der Waals surface area contributed by atoms with Gasteiger partial charge < -0.3 is 11.1 Å². The van der Waals surface area contributed by atoms with Gasteiger partial charge in [0.15, 0.2) is 0 Å². The Balaban J connectivity index is 3.61. The van der Waals surface area contributed by atoms with Crippen LogP contribution in [0, 0.1) is 5.41 Å². The van der Waals surface area contributed by atoms with Crippen molar-refractivity contribution in [3.8, 4) is 0 Å². The first-order chi connectivity index (χ1) is 7.13. The SMILES string of the molecule is N=C1CC(Cl)=C(Cl)C(C(N)=O)(S(=O)(=O)O)C1. The van der Waals surface area contributed by atoms with Crippen LogP contribution in [0.2, 0.25) is 0 Å². The van der Waals surface area contributed by atoms with Gasteiger partial charge in [0.25, 0.3) is 10.1 Å². The molecule has 0 saturated carbocycles. The lowest BCUT2D eigenvalue weighted by molar-refractivity contribution is -0.119. The van der Waals surface area contributed by atoms with E-state index in [1.807, 2.05) is 0 Å². The van der Waals surface area contributed by atoms with Crippen LogP contribution in [0.3, 0.4) is 0 Å². The first kappa shape index (κ1) is 13.4. The summed E-state index contributed by atoms with van der Waals surface area (Å²) in [4.78, 5) is 11.2. The summed E-state index contributed by atoms with van der Waals surface area (Å²) in [5.74, 6) is -1.36. The molecule has 1 atom stereocenters. The number of hydrogen-bond acceptors (Lipinski definition) is 4. The summed E-state index contributed by atoms with van der Waals surface area (Å²) in [6, 6.07) is 0. The lowest BCUT2D eigenvalue weighted by Gasteiger charge is -2.31. The van der Waals surface area contributed by atoms with Gasteiger partial charge >= 0.3 is 0 Å². The van der Waals surface area contributed by atoms with E-state index in [2.05, 4.69) is 0 Å². The third-order valence-corrected chi connectivity index (χ3v) is 4.77. The lowest BCUT2D eigenvalue weighted by atomic mass is 9.92. The Kier molecular flexibility index (Phi) is 3.35. The first-order valence-electron chi connectivity index (χ1n) is 4.01. The molecule has 0 aromatic heterocycles. The van der Waals surface area contributed by atoms with Gasteiger partial charge in [0.2, 0.25) is 10.7 Å². The maximum absolute atomic E-state index is 11.2. The van der Waals surface area contributed by atoms with Crippen molar-refractivity contribution in [3.05, 3.63) is 10.1 Å². The van der Waals surface area contributed by atoms with Gasteiger partial charge in [-0.25, -0.2) is 0 Å². The standard InChI is InChI=1S/C7H8Cl2N2O4S/c8-4-1-3(10)2-7(5(4)9,6(11)12)16(13,14)15/h10H,1-2H2,(H2,11,12)(H,13,14,15). The summed E-state index contributed by atoms with van der Waals surface area (Å²) in [5, 5.41) is 6.65. The van der Waals surface area contributed by atoms with Crippen molar-refractivity contribution in [2.24, 2.45) is 5.73 Å². The molecule has 16 heavy (non-hydrogen) atoms. The van der Waals surface area contributed by atoms with E-state index >= 15 is 0 Å². The van der Waals surface area contributed by atoms with Crippen molar-refractivity contribution >= 4 is 44.9 Å². The monoisotopic (exact) mass is 286 g/mol. The Labute approximate surface area is 102 Å². The van der Waals surface area contributed by atoms with E-state index in [-0.39, 0.29) is 17.2 Å². The molecule has 90 valence electrons. The van der Waals surface area contributed by atoms with Crippen molar-refractivity contribution in [2.75, 3.05) is 0 Å². The number of nitrogens with two attached hydrogens (primary N) is 1. The van der Waals surface area contributed by atoms with Gasteiger partial charge in [0, 0.05) is 23.6 Å². The van der Waals surface area contributed by atoms with Gasteiger partial charge in [-0.2, -0.15) is 8.42 Å². The Morgan fingerprint density at radius 3 is 2.38 bits per heavy atom. The predicted molar refractivity (Wildman–Crippen MR) is 59.2 cm³/mol. The van der Waals surface area contributed by atoms with E-state index in [0.717, 1.165) is 0 Å². The molecule has 0 aromatic carbocycles. The van der Waals surface area contributed by atoms with E-state index < -0.39 is 32.2 Å². The van der Waals surface area contributed by atoms with Crippen molar-refractivity contribution in [3.63, 3.8) is 0 Å². The molecule has 0 bridgehead atoms. The number of nitrogens with one attached hydrogen (secondary N) is 1. The third-order valence-electron chi connectivity index (χ3n) is 2.26. The molecule has 1 aliphatic carbocycles. The summed E-state index contributed by atoms with van der Waals surface area (Å²) in [6.45, 7) is 0. The van der Waals surface area contributed by atoms with E-state index in [9.17, 15) is 13.2 Å². The zero-order chi connectivity index (χ0) is 12.7. The smallest absolute Gasteiger partial charge is 0.285 e. The maximum atomic E-state index is 11.2. The van der Waals surface area contributed by atoms with Gasteiger partial charge in [0.05, 0.1) is 5.03 Å². The minimum absolute atomic E-state index is 0.0645. The van der Waals surface area contributed by atoms with Crippen LogP contribution in [0.25, 0.3) is 0 Å². The highest BCUT2D eigenvalue weighted by molar-refractivity contribution is 7.88. The fraction of sp³-hybridized carbons (Fsp3) is 0.429. The number of amides is 1. The molecule has 0 saturated heterocycles. The fourth-order valence-corrected chi connectivity index (χ4v) is 3.31. The lowest BCUT2D eigenvalue weighted by Crippen LogP contribution is -2.53. The zero-order valence-corrected chi connectivity index (χ0v) is 10.2. The van der Waals surface area contributed by atoms with Crippen LogP contribution in [0.5, 0.6) is 0 Å². The van der Waals surface area contributed by atoms with Crippen LogP contribution in [0.1, 0.15) is 12.8 Å². The molecule has 0 radical (unpaired) electrons. The third kappa shape index (κ3) is 1.84. The number of hydrogen-bond donors (Lipinski definition) is 3. The minimum Gasteiger partial charge on any atom is -0.368 e. The van der Waals surface area contributed by atoms with E-state index in [1.165, 1.54) is 0 Å². The van der Waals surface area contributed by atoms with Crippen LogP contribution in [0.15, 0.2) is 10.1 Å². The van der Waals surface area contributed by atoms with Crippen LogP contribution >= 0.6 is 23.2 Å². The first-order valence-corrected chi connectivity index (χ1v) is 6.20. The number of rotatable bonds is 2. The fourth-order valence-electron chi connectivity index (χ4n) is 1.45. The van der Waals surface area contributed by atoms with Gasteiger partial charge in [-0.05, 0) is 0 Å². The van der Waals surface area contributed by atoms with Crippen LogP contribution in [0.4, 0.5) is 0 Å². The van der Waals surface area contributed by atoms with Crippen LogP contribution in [-0.4, -0.2) is 29.3 Å². The normalized spacial score (nSPS) is 27.1. The second kappa shape index (κ2) is 3.99. The Morgan fingerprint density at radius 1 is 1.50 bits per heavy atom. The number of primary amides is 1. The maximum Gasteiger partial charge on any atom is 0.285 e. The van der Waals surface area contributed by atoms with Gasteiger partial charge in [0.1, 0.15) is 0 Å². The molecule has 1 amide bonds. The molecule has 0 fully saturated rings. The van der Waals surface area contributed by atoms with Gasteiger partial charge in [-0.3, -0.25) is 9.35 Å².